The molecule has 3 heteroatoms. The van der Waals surface area contributed by atoms with Crippen LogP contribution in [-0.2, 0) is 6.61 Å². The minimum atomic E-state index is 0.458. The third-order valence-corrected chi connectivity index (χ3v) is 3.53. The normalized spacial score (nSPS) is 10.9. The summed E-state index contributed by atoms with van der Waals surface area (Å²) in [6.45, 7) is 6.65. The Bertz CT molecular complexity index is 739. The smallest absolute Gasteiger partial charge is 0.146 e. The number of benzene rings is 2. The maximum Gasteiger partial charge on any atom is 0.146 e. The van der Waals surface area contributed by atoms with Gasteiger partial charge >= 0.3 is 0 Å². The monoisotopic (exact) mass is 266 g/mol. The van der Waals surface area contributed by atoms with Gasteiger partial charge in [0.25, 0.3) is 0 Å². The molecule has 0 amide bonds. The molecule has 0 aliphatic rings. The lowest BCUT2D eigenvalue weighted by atomic mass is 10.1. The Morgan fingerprint density at radius 3 is 2.30 bits per heavy atom. The third-order valence-electron chi connectivity index (χ3n) is 3.53. The number of nitrogens with zero attached hydrogens (tertiary/aromatic N) is 1. The summed E-state index contributed by atoms with van der Waals surface area (Å²) in [5.41, 5.74) is 5.56. The largest absolute Gasteiger partial charge is 0.485 e. The topological polar surface area (TPSA) is 37.9 Å². The van der Waals surface area contributed by atoms with Crippen molar-refractivity contribution < 1.29 is 4.74 Å². The minimum absolute atomic E-state index is 0.458. The van der Waals surface area contributed by atoms with Crippen molar-refractivity contribution in [1.82, 2.24) is 9.97 Å². The lowest BCUT2D eigenvalue weighted by Gasteiger charge is -2.10. The van der Waals surface area contributed by atoms with Crippen molar-refractivity contribution in [1.29, 1.82) is 0 Å². The van der Waals surface area contributed by atoms with E-state index in [1.165, 1.54) is 5.56 Å². The van der Waals surface area contributed by atoms with Crippen LogP contribution < -0.4 is 4.74 Å². The first-order chi connectivity index (χ1) is 9.65. The first kappa shape index (κ1) is 12.7. The molecule has 1 heterocycles. The number of hydrogen-bond acceptors (Lipinski definition) is 2. The van der Waals surface area contributed by atoms with Crippen LogP contribution in [0.3, 0.4) is 0 Å². The molecule has 0 saturated heterocycles. The Labute approximate surface area is 118 Å². The second kappa shape index (κ2) is 5.00. The van der Waals surface area contributed by atoms with E-state index >= 15 is 0 Å². The number of aromatic amines is 1. The maximum atomic E-state index is 5.93. The van der Waals surface area contributed by atoms with Gasteiger partial charge in [-0.1, -0.05) is 30.3 Å². The van der Waals surface area contributed by atoms with Gasteiger partial charge < -0.3 is 9.72 Å². The van der Waals surface area contributed by atoms with Crippen molar-refractivity contribution in [2.45, 2.75) is 27.4 Å². The molecule has 0 atom stereocenters. The Morgan fingerprint density at radius 1 is 0.950 bits per heavy atom. The average molecular weight is 266 g/mol. The quantitative estimate of drug-likeness (QED) is 0.776. The number of fused-ring (bicyclic) bond motifs is 1. The van der Waals surface area contributed by atoms with E-state index in [1.807, 2.05) is 18.2 Å². The summed E-state index contributed by atoms with van der Waals surface area (Å²) in [7, 11) is 0. The van der Waals surface area contributed by atoms with Crippen LogP contribution in [0.4, 0.5) is 0 Å². The zero-order valence-corrected chi connectivity index (χ0v) is 12.0. The van der Waals surface area contributed by atoms with Crippen molar-refractivity contribution >= 4 is 11.0 Å². The van der Waals surface area contributed by atoms with E-state index in [0.29, 0.717) is 6.61 Å². The number of aromatic nitrogens is 2. The van der Waals surface area contributed by atoms with Crippen LogP contribution in [0.2, 0.25) is 0 Å². The number of aryl methyl sites for hydroxylation is 3. The molecule has 0 spiro atoms. The van der Waals surface area contributed by atoms with Crippen LogP contribution in [0.15, 0.2) is 36.4 Å². The van der Waals surface area contributed by atoms with E-state index in [2.05, 4.69) is 48.9 Å². The van der Waals surface area contributed by atoms with E-state index in [-0.39, 0.29) is 0 Å². The van der Waals surface area contributed by atoms with E-state index in [9.17, 15) is 0 Å². The molecule has 20 heavy (non-hydrogen) atoms. The fourth-order valence-electron chi connectivity index (χ4n) is 2.46. The highest BCUT2D eigenvalue weighted by molar-refractivity contribution is 5.78. The Kier molecular flexibility index (Phi) is 3.18. The Balaban J connectivity index is 1.85. The molecular formula is C17H18N2O. The van der Waals surface area contributed by atoms with Gasteiger partial charge in [-0.05, 0) is 43.5 Å². The average Bonchev–Trinajstić information content (AvgIpc) is 2.83. The Hall–Kier alpha value is -2.29. The predicted molar refractivity (Wildman–Crippen MR) is 81.1 cm³/mol. The van der Waals surface area contributed by atoms with Crippen LogP contribution in [-0.4, -0.2) is 9.97 Å². The second-order valence-corrected chi connectivity index (χ2v) is 5.16. The van der Waals surface area contributed by atoms with E-state index < -0.39 is 0 Å². The zero-order chi connectivity index (χ0) is 14.1. The van der Waals surface area contributed by atoms with E-state index in [4.69, 9.17) is 4.74 Å². The van der Waals surface area contributed by atoms with Crippen molar-refractivity contribution in [3.05, 3.63) is 58.9 Å². The molecular weight excluding hydrogens is 248 g/mol. The summed E-state index contributed by atoms with van der Waals surface area (Å²) in [5.74, 6) is 1.81. The summed E-state index contributed by atoms with van der Waals surface area (Å²) in [5, 5.41) is 0. The highest BCUT2D eigenvalue weighted by Gasteiger charge is 2.07. The van der Waals surface area contributed by atoms with E-state index in [0.717, 1.165) is 33.7 Å². The van der Waals surface area contributed by atoms with Gasteiger partial charge in [0.15, 0.2) is 0 Å². The van der Waals surface area contributed by atoms with Gasteiger partial charge in [0, 0.05) is 0 Å². The minimum Gasteiger partial charge on any atom is -0.485 e. The lowest BCUT2D eigenvalue weighted by Crippen LogP contribution is -2.00. The molecule has 1 N–H and O–H groups in total. The summed E-state index contributed by atoms with van der Waals surface area (Å²) in [4.78, 5) is 7.92. The highest BCUT2D eigenvalue weighted by Crippen LogP contribution is 2.23. The summed E-state index contributed by atoms with van der Waals surface area (Å²) < 4.78 is 5.93. The molecule has 2 aromatic carbocycles. The highest BCUT2D eigenvalue weighted by atomic mass is 16.5. The molecule has 3 aromatic rings. The standard InChI is InChI=1S/C17H18N2O/c1-11-6-5-9-14-16(11)19-15(18-14)10-20-17-12(2)7-4-8-13(17)3/h4-9H,10H2,1-3H3,(H,18,19). The van der Waals surface area contributed by atoms with Gasteiger partial charge in [0.1, 0.15) is 18.2 Å². The van der Waals surface area contributed by atoms with Crippen LogP contribution >= 0.6 is 0 Å². The number of para-hydroxylation sites is 2. The predicted octanol–water partition coefficient (Wildman–Crippen LogP) is 4.07. The Morgan fingerprint density at radius 2 is 1.60 bits per heavy atom. The zero-order valence-electron chi connectivity index (χ0n) is 12.0. The maximum absolute atomic E-state index is 5.93. The summed E-state index contributed by atoms with van der Waals surface area (Å²) >= 11 is 0. The van der Waals surface area contributed by atoms with Crippen molar-refractivity contribution in [2.75, 3.05) is 0 Å². The van der Waals surface area contributed by atoms with Crippen LogP contribution in [0.1, 0.15) is 22.5 Å². The van der Waals surface area contributed by atoms with Gasteiger partial charge in [0.05, 0.1) is 11.0 Å². The van der Waals surface area contributed by atoms with E-state index in [1.54, 1.807) is 0 Å². The number of hydrogen-bond donors (Lipinski definition) is 1. The van der Waals surface area contributed by atoms with Crippen molar-refractivity contribution in [3.63, 3.8) is 0 Å². The number of H-pyrrole nitrogens is 1. The number of nitrogens with one attached hydrogen (secondary N) is 1. The SMILES string of the molecule is Cc1cccc(C)c1OCc1nc2c(C)cccc2[nH]1. The van der Waals surface area contributed by atoms with Crippen LogP contribution in [0.5, 0.6) is 5.75 Å². The fourth-order valence-corrected chi connectivity index (χ4v) is 2.46. The molecule has 1 aromatic heterocycles. The van der Waals surface area contributed by atoms with Gasteiger partial charge in [0.2, 0.25) is 0 Å². The molecule has 0 bridgehead atoms. The second-order valence-electron chi connectivity index (χ2n) is 5.16. The van der Waals surface area contributed by atoms with Gasteiger partial charge in [-0.2, -0.15) is 0 Å². The molecule has 3 nitrogen and oxygen atoms in total. The van der Waals surface area contributed by atoms with Gasteiger partial charge in [-0.3, -0.25) is 0 Å². The summed E-state index contributed by atoms with van der Waals surface area (Å²) in [6.07, 6.45) is 0. The molecule has 102 valence electrons. The molecule has 0 aliphatic heterocycles. The fraction of sp³-hybridized carbons (Fsp3) is 0.235. The molecule has 0 radical (unpaired) electrons. The third kappa shape index (κ3) is 2.27. The van der Waals surface area contributed by atoms with Crippen molar-refractivity contribution in [2.24, 2.45) is 0 Å². The number of rotatable bonds is 3. The molecule has 0 unspecified atom stereocenters. The molecule has 0 fully saturated rings. The molecule has 0 aliphatic carbocycles. The van der Waals surface area contributed by atoms with Gasteiger partial charge in [-0.15, -0.1) is 0 Å². The molecule has 3 rings (SSSR count). The number of ether oxygens (including phenoxy) is 1. The lowest BCUT2D eigenvalue weighted by molar-refractivity contribution is 0.293. The first-order valence-electron chi connectivity index (χ1n) is 6.78. The van der Waals surface area contributed by atoms with Crippen molar-refractivity contribution in [3.8, 4) is 5.75 Å². The number of imidazole rings is 1. The van der Waals surface area contributed by atoms with Crippen LogP contribution in [0.25, 0.3) is 11.0 Å². The molecule has 0 saturated carbocycles. The summed E-state index contributed by atoms with van der Waals surface area (Å²) in [6, 6.07) is 12.3. The first-order valence-corrected chi connectivity index (χ1v) is 6.78. The van der Waals surface area contributed by atoms with Gasteiger partial charge in [-0.25, -0.2) is 4.98 Å². The van der Waals surface area contributed by atoms with Crippen LogP contribution in [0, 0.1) is 20.8 Å².